The maximum atomic E-state index is 10.6. The van der Waals surface area contributed by atoms with Crippen molar-refractivity contribution in [1.82, 2.24) is 0 Å². The van der Waals surface area contributed by atoms with Crippen LogP contribution in [0.25, 0.3) is 0 Å². The summed E-state index contributed by atoms with van der Waals surface area (Å²) in [4.78, 5) is 19.0. The fourth-order valence-corrected chi connectivity index (χ4v) is 2.53. The van der Waals surface area contributed by atoms with Crippen LogP contribution in [-0.4, -0.2) is 11.2 Å². The summed E-state index contributed by atoms with van der Waals surface area (Å²) in [5, 5.41) is 0.192. The first-order valence-corrected chi connectivity index (χ1v) is 7.40. The highest BCUT2D eigenvalue weighted by molar-refractivity contribution is 7.47. The number of aldehydes is 1. The van der Waals surface area contributed by atoms with Crippen LogP contribution in [-0.2, 0) is 4.57 Å². The molecular formula is C16H18O3P+. The van der Waals surface area contributed by atoms with Gasteiger partial charge in [-0.05, 0) is 37.5 Å². The molecule has 2 aromatic carbocycles. The van der Waals surface area contributed by atoms with Gasteiger partial charge < -0.3 is 0 Å². The average molecular weight is 289 g/mol. The standard InChI is InChI=1S/C9H12.C7H5O3P/c1-7-4-8(2)6-9(3)5-7;8-5-6-3-1-2-4-7(6)11(9)10/h4-6H,1-3H3;1-5H/p+1. The van der Waals surface area contributed by atoms with Crippen molar-refractivity contribution in [3.63, 3.8) is 0 Å². The molecule has 1 N–H and O–H groups in total. The minimum atomic E-state index is -2.40. The fourth-order valence-electron chi connectivity index (χ4n) is 1.96. The van der Waals surface area contributed by atoms with Gasteiger partial charge in [0, 0.05) is 0 Å². The summed E-state index contributed by atoms with van der Waals surface area (Å²) in [6, 6.07) is 12.8. The molecular weight excluding hydrogens is 271 g/mol. The SMILES string of the molecule is Cc1cc(C)cc(C)c1.O=Cc1ccccc1[P+](=O)O. The third kappa shape index (κ3) is 5.04. The lowest BCUT2D eigenvalue weighted by atomic mass is 10.1. The highest BCUT2D eigenvalue weighted by Gasteiger charge is 2.19. The molecule has 20 heavy (non-hydrogen) atoms. The molecule has 0 amide bonds. The Morgan fingerprint density at radius 3 is 1.75 bits per heavy atom. The van der Waals surface area contributed by atoms with Gasteiger partial charge in [-0.15, -0.1) is 0 Å². The molecule has 0 saturated heterocycles. The molecule has 0 radical (unpaired) electrons. The lowest BCUT2D eigenvalue weighted by Crippen LogP contribution is -2.02. The average Bonchev–Trinajstić information content (AvgIpc) is 2.37. The van der Waals surface area contributed by atoms with E-state index in [-0.39, 0.29) is 10.9 Å². The second-order valence-electron chi connectivity index (χ2n) is 4.61. The highest BCUT2D eigenvalue weighted by Crippen LogP contribution is 2.14. The number of hydrogen-bond acceptors (Lipinski definition) is 2. The van der Waals surface area contributed by atoms with E-state index in [4.69, 9.17) is 4.89 Å². The Kier molecular flexibility index (Phi) is 6.23. The second kappa shape index (κ2) is 7.68. The van der Waals surface area contributed by atoms with Gasteiger partial charge in [0.1, 0.15) is 0 Å². The molecule has 0 bridgehead atoms. The zero-order valence-electron chi connectivity index (χ0n) is 11.8. The maximum absolute atomic E-state index is 10.6. The van der Waals surface area contributed by atoms with Gasteiger partial charge >= 0.3 is 8.03 Å². The first-order chi connectivity index (χ1) is 9.43. The van der Waals surface area contributed by atoms with E-state index in [0.29, 0.717) is 6.29 Å². The molecule has 1 unspecified atom stereocenters. The van der Waals surface area contributed by atoms with Crippen molar-refractivity contribution in [3.8, 4) is 0 Å². The molecule has 3 nitrogen and oxygen atoms in total. The molecule has 4 heteroatoms. The number of benzene rings is 2. The molecule has 0 aliphatic rings. The monoisotopic (exact) mass is 289 g/mol. The van der Waals surface area contributed by atoms with Crippen LogP contribution in [0.5, 0.6) is 0 Å². The number of hydrogen-bond donors (Lipinski definition) is 1. The van der Waals surface area contributed by atoms with Crippen LogP contribution in [0.15, 0.2) is 42.5 Å². The summed E-state index contributed by atoms with van der Waals surface area (Å²) in [5.41, 5.74) is 4.34. The van der Waals surface area contributed by atoms with E-state index in [1.165, 1.54) is 28.8 Å². The van der Waals surface area contributed by atoms with Crippen molar-refractivity contribution in [1.29, 1.82) is 0 Å². The van der Waals surface area contributed by atoms with Crippen LogP contribution < -0.4 is 5.30 Å². The Balaban J connectivity index is 0.000000204. The van der Waals surface area contributed by atoms with Gasteiger partial charge in [-0.2, -0.15) is 4.89 Å². The lowest BCUT2D eigenvalue weighted by molar-refractivity contribution is 0.112. The molecule has 0 aromatic heterocycles. The summed E-state index contributed by atoms with van der Waals surface area (Å²) in [5.74, 6) is 0. The zero-order valence-corrected chi connectivity index (χ0v) is 12.7. The molecule has 0 spiro atoms. The summed E-state index contributed by atoms with van der Waals surface area (Å²) in [6.07, 6.45) is 0.568. The summed E-state index contributed by atoms with van der Waals surface area (Å²) in [7, 11) is -2.40. The number of carbonyl (C=O) groups excluding carboxylic acids is 1. The molecule has 2 rings (SSSR count). The predicted octanol–water partition coefficient (Wildman–Crippen LogP) is 3.47. The van der Waals surface area contributed by atoms with Crippen molar-refractivity contribution in [2.45, 2.75) is 20.8 Å². The molecule has 0 aliphatic carbocycles. The number of aryl methyl sites for hydroxylation is 3. The fraction of sp³-hybridized carbons (Fsp3) is 0.188. The van der Waals surface area contributed by atoms with Crippen LogP contribution in [0.3, 0.4) is 0 Å². The van der Waals surface area contributed by atoms with Crippen LogP contribution in [0, 0.1) is 20.8 Å². The van der Waals surface area contributed by atoms with E-state index >= 15 is 0 Å². The normalized spacial score (nSPS) is 10.3. The Hall–Kier alpha value is -1.83. The zero-order chi connectivity index (χ0) is 15.1. The van der Waals surface area contributed by atoms with Crippen LogP contribution in [0.1, 0.15) is 27.0 Å². The maximum Gasteiger partial charge on any atom is 0.546 e. The Labute approximate surface area is 120 Å². The smallest absolute Gasteiger partial charge is 0.298 e. The Morgan fingerprint density at radius 1 is 0.950 bits per heavy atom. The highest BCUT2D eigenvalue weighted by atomic mass is 31.1. The van der Waals surface area contributed by atoms with Gasteiger partial charge in [0.2, 0.25) is 5.30 Å². The van der Waals surface area contributed by atoms with E-state index in [9.17, 15) is 9.36 Å². The van der Waals surface area contributed by atoms with E-state index in [0.717, 1.165) is 0 Å². The van der Waals surface area contributed by atoms with Gasteiger partial charge in [0.15, 0.2) is 6.29 Å². The third-order valence-electron chi connectivity index (χ3n) is 2.64. The molecule has 0 saturated carbocycles. The first kappa shape index (κ1) is 16.2. The van der Waals surface area contributed by atoms with E-state index in [2.05, 4.69) is 39.0 Å². The van der Waals surface area contributed by atoms with Crippen LogP contribution in [0.4, 0.5) is 0 Å². The molecule has 0 aliphatic heterocycles. The van der Waals surface area contributed by atoms with Gasteiger partial charge in [-0.1, -0.05) is 47.0 Å². The summed E-state index contributed by atoms with van der Waals surface area (Å²) < 4.78 is 10.6. The predicted molar refractivity (Wildman–Crippen MR) is 81.9 cm³/mol. The van der Waals surface area contributed by atoms with E-state index in [1.807, 2.05) is 0 Å². The van der Waals surface area contributed by atoms with Gasteiger partial charge in [-0.3, -0.25) is 4.79 Å². The van der Waals surface area contributed by atoms with E-state index < -0.39 is 8.03 Å². The quantitative estimate of drug-likeness (QED) is 0.680. The molecule has 0 fully saturated rings. The van der Waals surface area contributed by atoms with Crippen molar-refractivity contribution in [2.24, 2.45) is 0 Å². The Morgan fingerprint density at radius 2 is 1.40 bits per heavy atom. The van der Waals surface area contributed by atoms with Gasteiger partial charge in [0.25, 0.3) is 0 Å². The third-order valence-corrected chi connectivity index (χ3v) is 3.46. The van der Waals surface area contributed by atoms with Crippen LogP contribution >= 0.6 is 8.03 Å². The summed E-state index contributed by atoms with van der Waals surface area (Å²) >= 11 is 0. The number of carbonyl (C=O) groups is 1. The van der Waals surface area contributed by atoms with Crippen LogP contribution in [0.2, 0.25) is 0 Å². The van der Waals surface area contributed by atoms with Crippen molar-refractivity contribution >= 4 is 19.6 Å². The second-order valence-corrected chi connectivity index (χ2v) is 5.64. The minimum Gasteiger partial charge on any atom is -0.298 e. The number of rotatable bonds is 2. The van der Waals surface area contributed by atoms with Gasteiger partial charge in [-0.25, -0.2) is 0 Å². The van der Waals surface area contributed by atoms with Gasteiger partial charge in [0.05, 0.1) is 5.56 Å². The largest absolute Gasteiger partial charge is 0.546 e. The molecule has 0 heterocycles. The summed E-state index contributed by atoms with van der Waals surface area (Å²) in [6.45, 7) is 6.38. The molecule has 104 valence electrons. The first-order valence-electron chi connectivity index (χ1n) is 6.19. The molecule has 2 aromatic rings. The Bertz CT molecular complexity index is 570. The minimum absolute atomic E-state index is 0.192. The lowest BCUT2D eigenvalue weighted by Gasteiger charge is -1.96. The topological polar surface area (TPSA) is 54.4 Å². The van der Waals surface area contributed by atoms with E-state index in [1.54, 1.807) is 12.1 Å². The molecule has 1 atom stereocenters. The van der Waals surface area contributed by atoms with Crippen molar-refractivity contribution in [3.05, 3.63) is 64.7 Å². The van der Waals surface area contributed by atoms with Crippen molar-refractivity contribution < 1.29 is 14.3 Å². The van der Waals surface area contributed by atoms with Crippen molar-refractivity contribution in [2.75, 3.05) is 0 Å².